The lowest BCUT2D eigenvalue weighted by atomic mass is 9.85. The Bertz CT molecular complexity index is 430. The number of benzene rings is 1. The van der Waals surface area contributed by atoms with Crippen LogP contribution >= 0.6 is 0 Å². The van der Waals surface area contributed by atoms with Crippen LogP contribution in [0.3, 0.4) is 0 Å². The van der Waals surface area contributed by atoms with Gasteiger partial charge in [-0.25, -0.2) is 0 Å². The van der Waals surface area contributed by atoms with Gasteiger partial charge < -0.3 is 10.6 Å². The normalized spacial score (nSPS) is 21.0. The number of hydrogen-bond acceptors (Lipinski definition) is 2. The number of carbonyl (C=O) groups is 1. The fourth-order valence-electron chi connectivity index (χ4n) is 2.99. The number of amides is 1. The summed E-state index contributed by atoms with van der Waals surface area (Å²) < 4.78 is 0. The van der Waals surface area contributed by atoms with E-state index in [1.165, 1.54) is 5.56 Å². The first-order chi connectivity index (χ1) is 9.58. The second-order valence-corrected chi connectivity index (χ2v) is 6.21. The predicted octanol–water partition coefficient (Wildman–Crippen LogP) is 2.77. The van der Waals surface area contributed by atoms with Crippen LogP contribution in [0.2, 0.25) is 0 Å². The van der Waals surface area contributed by atoms with Crippen molar-refractivity contribution in [3.05, 3.63) is 35.9 Å². The largest absolute Gasteiger partial charge is 0.341 e. The monoisotopic (exact) mass is 274 g/mol. The van der Waals surface area contributed by atoms with Gasteiger partial charge in [-0.1, -0.05) is 44.2 Å². The average molecular weight is 274 g/mol. The summed E-state index contributed by atoms with van der Waals surface area (Å²) in [6.07, 6.45) is 2.66. The van der Waals surface area contributed by atoms with Crippen molar-refractivity contribution in [3.8, 4) is 0 Å². The molecule has 1 heterocycles. The number of likely N-dealkylation sites (tertiary alicyclic amines) is 1. The minimum atomic E-state index is 0.155. The highest BCUT2D eigenvalue weighted by Crippen LogP contribution is 2.28. The van der Waals surface area contributed by atoms with Gasteiger partial charge in [-0.2, -0.15) is 0 Å². The lowest BCUT2D eigenvalue weighted by Crippen LogP contribution is -2.46. The smallest absolute Gasteiger partial charge is 0.223 e. The van der Waals surface area contributed by atoms with Crippen molar-refractivity contribution in [3.63, 3.8) is 0 Å². The molecule has 110 valence electrons. The second-order valence-electron chi connectivity index (χ2n) is 6.21. The molecule has 3 heteroatoms. The number of nitrogens with zero attached hydrogens (tertiary/aromatic N) is 1. The number of hydrogen-bond donors (Lipinski definition) is 1. The van der Waals surface area contributed by atoms with Gasteiger partial charge in [-0.3, -0.25) is 4.79 Å². The van der Waals surface area contributed by atoms with E-state index in [-0.39, 0.29) is 11.9 Å². The summed E-state index contributed by atoms with van der Waals surface area (Å²) in [5.41, 5.74) is 7.23. The predicted molar refractivity (Wildman–Crippen MR) is 82.4 cm³/mol. The molecule has 0 saturated carbocycles. The molecule has 1 aromatic carbocycles. The lowest BCUT2D eigenvalue weighted by molar-refractivity contribution is -0.133. The maximum atomic E-state index is 12.5. The fraction of sp³-hybridized carbons (Fsp3) is 0.588. The number of nitrogens with two attached hydrogens (primary N) is 1. The van der Waals surface area contributed by atoms with Gasteiger partial charge in [0.05, 0.1) is 0 Å². The molecule has 2 rings (SSSR count). The van der Waals surface area contributed by atoms with Crippen molar-refractivity contribution in [2.45, 2.75) is 45.1 Å². The van der Waals surface area contributed by atoms with Gasteiger partial charge in [-0.15, -0.1) is 0 Å². The number of carbonyl (C=O) groups excluding carboxylic acids is 1. The Hall–Kier alpha value is -1.35. The zero-order chi connectivity index (χ0) is 14.5. The molecule has 1 aromatic rings. The van der Waals surface area contributed by atoms with Crippen LogP contribution in [-0.4, -0.2) is 29.9 Å². The summed E-state index contributed by atoms with van der Waals surface area (Å²) in [5.74, 6) is 1.00. The quantitative estimate of drug-likeness (QED) is 0.917. The van der Waals surface area contributed by atoms with Gasteiger partial charge in [0.25, 0.3) is 0 Å². The minimum Gasteiger partial charge on any atom is -0.341 e. The number of rotatable bonds is 4. The van der Waals surface area contributed by atoms with Crippen molar-refractivity contribution in [2.75, 3.05) is 13.1 Å². The first kappa shape index (κ1) is 15.0. The SMILES string of the molecule is CC(C)C(CC(=O)N1CCCC(N)C1)c1ccccc1. The standard InChI is InChI=1S/C17H26N2O/c1-13(2)16(14-7-4-3-5-8-14)11-17(20)19-10-6-9-15(18)12-19/h3-5,7-8,13,15-16H,6,9-12,18H2,1-2H3. The molecule has 2 N–H and O–H groups in total. The van der Waals surface area contributed by atoms with Crippen LogP contribution in [0, 0.1) is 5.92 Å². The maximum absolute atomic E-state index is 12.5. The molecular weight excluding hydrogens is 248 g/mol. The summed E-state index contributed by atoms with van der Waals surface area (Å²) in [4.78, 5) is 14.5. The summed E-state index contributed by atoms with van der Waals surface area (Å²) >= 11 is 0. The highest BCUT2D eigenvalue weighted by atomic mass is 16.2. The van der Waals surface area contributed by atoms with E-state index in [9.17, 15) is 4.79 Å². The van der Waals surface area contributed by atoms with Crippen molar-refractivity contribution in [1.29, 1.82) is 0 Å². The molecule has 0 aliphatic carbocycles. The van der Waals surface area contributed by atoms with Crippen molar-refractivity contribution in [2.24, 2.45) is 11.7 Å². The Morgan fingerprint density at radius 3 is 2.65 bits per heavy atom. The average Bonchev–Trinajstić information content (AvgIpc) is 2.45. The van der Waals surface area contributed by atoms with E-state index in [2.05, 4.69) is 26.0 Å². The van der Waals surface area contributed by atoms with Gasteiger partial charge in [0.1, 0.15) is 0 Å². The fourth-order valence-corrected chi connectivity index (χ4v) is 2.99. The van der Waals surface area contributed by atoms with Gasteiger partial charge in [-0.05, 0) is 30.2 Å². The van der Waals surface area contributed by atoms with E-state index in [1.807, 2.05) is 23.1 Å². The lowest BCUT2D eigenvalue weighted by Gasteiger charge is -2.32. The van der Waals surface area contributed by atoms with Gasteiger partial charge in [0.2, 0.25) is 5.91 Å². The molecule has 1 amide bonds. The maximum Gasteiger partial charge on any atom is 0.223 e. The molecule has 20 heavy (non-hydrogen) atoms. The minimum absolute atomic E-state index is 0.155. The summed E-state index contributed by atoms with van der Waals surface area (Å²) in [7, 11) is 0. The van der Waals surface area contributed by atoms with Gasteiger partial charge in [0, 0.05) is 25.6 Å². The highest BCUT2D eigenvalue weighted by Gasteiger charge is 2.25. The van der Waals surface area contributed by atoms with Crippen molar-refractivity contribution < 1.29 is 4.79 Å². The molecule has 1 aliphatic rings. The first-order valence-electron chi connectivity index (χ1n) is 7.66. The molecule has 2 atom stereocenters. The zero-order valence-corrected chi connectivity index (χ0v) is 12.6. The van der Waals surface area contributed by atoms with Crippen LogP contribution in [0.5, 0.6) is 0 Å². The highest BCUT2D eigenvalue weighted by molar-refractivity contribution is 5.77. The van der Waals surface area contributed by atoms with Crippen LogP contribution in [0.25, 0.3) is 0 Å². The second kappa shape index (κ2) is 6.89. The van der Waals surface area contributed by atoms with E-state index in [4.69, 9.17) is 5.73 Å². The Kier molecular flexibility index (Phi) is 5.18. The van der Waals surface area contributed by atoms with E-state index >= 15 is 0 Å². The van der Waals surface area contributed by atoms with Crippen LogP contribution in [0.1, 0.15) is 44.6 Å². The van der Waals surface area contributed by atoms with Gasteiger partial charge >= 0.3 is 0 Å². The molecular formula is C17H26N2O. The van der Waals surface area contributed by atoms with Gasteiger partial charge in [0.15, 0.2) is 0 Å². The number of piperidine rings is 1. The summed E-state index contributed by atoms with van der Waals surface area (Å²) in [6.45, 7) is 5.96. The molecule has 1 fully saturated rings. The zero-order valence-electron chi connectivity index (χ0n) is 12.6. The van der Waals surface area contributed by atoms with Crippen molar-refractivity contribution >= 4 is 5.91 Å². The summed E-state index contributed by atoms with van der Waals surface area (Å²) in [5, 5.41) is 0. The molecule has 1 aliphatic heterocycles. The van der Waals surface area contributed by atoms with Crippen LogP contribution in [0.4, 0.5) is 0 Å². The Morgan fingerprint density at radius 1 is 1.35 bits per heavy atom. The van der Waals surface area contributed by atoms with Crippen LogP contribution in [0.15, 0.2) is 30.3 Å². The third kappa shape index (κ3) is 3.83. The van der Waals surface area contributed by atoms with E-state index in [0.29, 0.717) is 18.3 Å². The van der Waals surface area contributed by atoms with Crippen LogP contribution < -0.4 is 5.73 Å². The molecule has 1 saturated heterocycles. The Labute approximate surface area is 122 Å². The van der Waals surface area contributed by atoms with Crippen molar-refractivity contribution in [1.82, 2.24) is 4.90 Å². The van der Waals surface area contributed by atoms with E-state index < -0.39 is 0 Å². The van der Waals surface area contributed by atoms with E-state index in [1.54, 1.807) is 0 Å². The Balaban J connectivity index is 2.03. The molecule has 0 aromatic heterocycles. The Morgan fingerprint density at radius 2 is 2.05 bits per heavy atom. The molecule has 2 unspecified atom stereocenters. The van der Waals surface area contributed by atoms with Crippen LogP contribution in [-0.2, 0) is 4.79 Å². The van der Waals surface area contributed by atoms with E-state index in [0.717, 1.165) is 25.9 Å². The molecule has 0 spiro atoms. The molecule has 0 bridgehead atoms. The molecule has 0 radical (unpaired) electrons. The third-order valence-corrected chi connectivity index (χ3v) is 4.24. The first-order valence-corrected chi connectivity index (χ1v) is 7.66. The molecule has 3 nitrogen and oxygen atoms in total. The topological polar surface area (TPSA) is 46.3 Å². The summed E-state index contributed by atoms with van der Waals surface area (Å²) in [6, 6.07) is 10.5. The third-order valence-electron chi connectivity index (χ3n) is 4.24.